The van der Waals surface area contributed by atoms with Gasteiger partial charge in [0.05, 0.1) is 0 Å². The van der Waals surface area contributed by atoms with E-state index in [0.717, 1.165) is 36.0 Å². The van der Waals surface area contributed by atoms with Gasteiger partial charge >= 0.3 is 0 Å². The Bertz CT molecular complexity index is 1130. The minimum absolute atomic E-state index is 0. The van der Waals surface area contributed by atoms with E-state index in [4.69, 9.17) is 10.5 Å². The van der Waals surface area contributed by atoms with Crippen molar-refractivity contribution < 1.29 is 4.74 Å². The summed E-state index contributed by atoms with van der Waals surface area (Å²) in [6, 6.07) is 27.7. The van der Waals surface area contributed by atoms with E-state index in [0.29, 0.717) is 12.5 Å². The highest BCUT2D eigenvalue weighted by atomic mass is 127. The Morgan fingerprint density at radius 1 is 0.938 bits per heavy atom. The number of rotatable bonds is 8. The third kappa shape index (κ3) is 6.84. The summed E-state index contributed by atoms with van der Waals surface area (Å²) in [5.41, 5.74) is 8.20. The van der Waals surface area contributed by atoms with E-state index < -0.39 is 0 Å². The number of aryl methyl sites for hydroxylation is 2. The molecule has 0 radical (unpaired) electrons. The van der Waals surface area contributed by atoms with Crippen molar-refractivity contribution in [2.24, 2.45) is 10.7 Å². The van der Waals surface area contributed by atoms with Crippen LogP contribution in [0.2, 0.25) is 0 Å². The molecule has 32 heavy (non-hydrogen) atoms. The number of halogens is 1. The first-order valence-corrected chi connectivity index (χ1v) is 10.2. The van der Waals surface area contributed by atoms with Crippen LogP contribution in [-0.2, 0) is 19.5 Å². The van der Waals surface area contributed by atoms with Crippen LogP contribution in [0.15, 0.2) is 102 Å². The number of nitrogens with one attached hydrogen (secondary N) is 1. The highest BCUT2D eigenvalue weighted by Gasteiger charge is 2.04. The average Bonchev–Trinajstić information content (AvgIpc) is 3.25. The fourth-order valence-corrected chi connectivity index (χ4v) is 3.19. The van der Waals surface area contributed by atoms with E-state index in [1.54, 1.807) is 6.20 Å². The van der Waals surface area contributed by atoms with E-state index >= 15 is 0 Å². The van der Waals surface area contributed by atoms with Gasteiger partial charge in [0, 0.05) is 30.7 Å². The summed E-state index contributed by atoms with van der Waals surface area (Å²) in [7, 11) is 0. The van der Waals surface area contributed by atoms with Crippen molar-refractivity contribution in [1.29, 1.82) is 0 Å². The molecule has 164 valence electrons. The zero-order valence-electron chi connectivity index (χ0n) is 17.6. The van der Waals surface area contributed by atoms with E-state index in [1.807, 2.05) is 66.9 Å². The number of nitrogens with zero attached hydrogens (tertiary/aromatic N) is 3. The number of guanidine groups is 1. The summed E-state index contributed by atoms with van der Waals surface area (Å²) in [5, 5.41) is 3.12. The standard InChI is InChI=1S/C25H25N5O.HI/c26-25(29-21-10-7-13-23(18-21)31-22-11-5-2-6-12-22)28-19-24-27-15-17-30(24)16-14-20-8-3-1-4-9-20;/h1-13,15,17-18H,14,16,19H2,(H3,26,28,29);1H. The first kappa shape index (κ1) is 23.3. The van der Waals surface area contributed by atoms with Crippen molar-refractivity contribution >= 4 is 35.6 Å². The van der Waals surface area contributed by atoms with E-state index in [2.05, 4.69) is 44.1 Å². The van der Waals surface area contributed by atoms with Crippen LogP contribution in [0.1, 0.15) is 11.4 Å². The van der Waals surface area contributed by atoms with Crippen molar-refractivity contribution in [2.75, 3.05) is 5.32 Å². The zero-order chi connectivity index (χ0) is 21.3. The van der Waals surface area contributed by atoms with Gasteiger partial charge in [0.1, 0.15) is 23.9 Å². The van der Waals surface area contributed by atoms with Gasteiger partial charge in [-0.25, -0.2) is 9.98 Å². The Morgan fingerprint density at radius 2 is 1.66 bits per heavy atom. The van der Waals surface area contributed by atoms with Crippen molar-refractivity contribution in [2.45, 2.75) is 19.5 Å². The maximum atomic E-state index is 6.10. The highest BCUT2D eigenvalue weighted by molar-refractivity contribution is 14.0. The molecule has 0 saturated heterocycles. The predicted octanol–water partition coefficient (Wildman–Crippen LogP) is 5.46. The fraction of sp³-hybridized carbons (Fsp3) is 0.120. The molecule has 0 unspecified atom stereocenters. The van der Waals surface area contributed by atoms with Crippen LogP contribution >= 0.6 is 24.0 Å². The van der Waals surface area contributed by atoms with E-state index in [9.17, 15) is 0 Å². The van der Waals surface area contributed by atoms with E-state index in [1.165, 1.54) is 5.56 Å². The fourth-order valence-electron chi connectivity index (χ4n) is 3.19. The quantitative estimate of drug-likeness (QED) is 0.177. The number of aromatic nitrogens is 2. The van der Waals surface area contributed by atoms with Gasteiger partial charge in [0.2, 0.25) is 0 Å². The van der Waals surface area contributed by atoms with Crippen molar-refractivity contribution in [3.05, 3.63) is 109 Å². The third-order valence-electron chi connectivity index (χ3n) is 4.76. The summed E-state index contributed by atoms with van der Waals surface area (Å²) >= 11 is 0. The summed E-state index contributed by atoms with van der Waals surface area (Å²) in [5.74, 6) is 2.71. The van der Waals surface area contributed by atoms with Gasteiger partial charge in [-0.15, -0.1) is 24.0 Å². The molecule has 3 N–H and O–H groups in total. The number of para-hydroxylation sites is 1. The normalized spacial score (nSPS) is 10.9. The number of aliphatic imine (C=N–C) groups is 1. The molecule has 4 rings (SSSR count). The third-order valence-corrected chi connectivity index (χ3v) is 4.76. The summed E-state index contributed by atoms with van der Waals surface area (Å²) in [6.07, 6.45) is 4.71. The topological polar surface area (TPSA) is 77.5 Å². The molecular weight excluding hydrogens is 513 g/mol. The first-order valence-electron chi connectivity index (χ1n) is 10.2. The van der Waals surface area contributed by atoms with Crippen LogP contribution in [-0.4, -0.2) is 15.5 Å². The first-order chi connectivity index (χ1) is 15.3. The number of imidazole rings is 1. The largest absolute Gasteiger partial charge is 0.457 e. The Kier molecular flexibility index (Phi) is 8.68. The minimum Gasteiger partial charge on any atom is -0.457 e. The van der Waals surface area contributed by atoms with Crippen LogP contribution in [0.5, 0.6) is 11.5 Å². The molecule has 3 aromatic carbocycles. The number of anilines is 1. The van der Waals surface area contributed by atoms with Gasteiger partial charge in [0.15, 0.2) is 5.96 Å². The maximum absolute atomic E-state index is 6.10. The Morgan fingerprint density at radius 3 is 2.44 bits per heavy atom. The molecular formula is C25H26IN5O. The van der Waals surface area contributed by atoms with Crippen LogP contribution < -0.4 is 15.8 Å². The summed E-state index contributed by atoms with van der Waals surface area (Å²) < 4.78 is 7.97. The number of ether oxygens (including phenoxy) is 1. The molecule has 0 aliphatic carbocycles. The summed E-state index contributed by atoms with van der Waals surface area (Å²) in [6.45, 7) is 1.25. The molecule has 0 fully saturated rings. The van der Waals surface area contributed by atoms with Gasteiger partial charge in [0.25, 0.3) is 0 Å². The SMILES string of the molecule is I.NC(=NCc1nccn1CCc1ccccc1)Nc1cccc(Oc2ccccc2)c1. The number of hydrogen-bond donors (Lipinski definition) is 2. The zero-order valence-corrected chi connectivity index (χ0v) is 19.9. The molecule has 6 nitrogen and oxygen atoms in total. The molecule has 0 amide bonds. The molecule has 0 saturated carbocycles. The van der Waals surface area contributed by atoms with Crippen molar-refractivity contribution in [3.8, 4) is 11.5 Å². The van der Waals surface area contributed by atoms with Gasteiger partial charge in [-0.05, 0) is 36.2 Å². The number of nitrogens with two attached hydrogens (primary N) is 1. The van der Waals surface area contributed by atoms with Crippen molar-refractivity contribution in [1.82, 2.24) is 9.55 Å². The number of benzene rings is 3. The lowest BCUT2D eigenvalue weighted by Gasteiger charge is -2.10. The van der Waals surface area contributed by atoms with Crippen molar-refractivity contribution in [3.63, 3.8) is 0 Å². The Balaban J connectivity index is 0.00000289. The molecule has 4 aromatic rings. The molecule has 1 heterocycles. The van der Waals surface area contributed by atoms with Gasteiger partial charge in [-0.1, -0.05) is 54.6 Å². The van der Waals surface area contributed by atoms with Crippen LogP contribution in [0, 0.1) is 0 Å². The van der Waals surface area contributed by atoms with E-state index in [-0.39, 0.29) is 24.0 Å². The smallest absolute Gasteiger partial charge is 0.193 e. The second kappa shape index (κ2) is 11.9. The predicted molar refractivity (Wildman–Crippen MR) is 140 cm³/mol. The lowest BCUT2D eigenvalue weighted by atomic mass is 10.1. The number of hydrogen-bond acceptors (Lipinski definition) is 3. The van der Waals surface area contributed by atoms with Gasteiger partial charge < -0.3 is 20.4 Å². The monoisotopic (exact) mass is 539 g/mol. The Labute approximate surface area is 205 Å². The average molecular weight is 539 g/mol. The molecule has 0 aliphatic rings. The molecule has 0 atom stereocenters. The van der Waals surface area contributed by atoms with Crippen LogP contribution in [0.4, 0.5) is 5.69 Å². The van der Waals surface area contributed by atoms with Crippen LogP contribution in [0.3, 0.4) is 0 Å². The Hall–Kier alpha value is -3.33. The minimum atomic E-state index is 0. The highest BCUT2D eigenvalue weighted by Crippen LogP contribution is 2.23. The molecule has 0 bridgehead atoms. The molecule has 0 spiro atoms. The van der Waals surface area contributed by atoms with Gasteiger partial charge in [-0.3, -0.25) is 0 Å². The van der Waals surface area contributed by atoms with Gasteiger partial charge in [-0.2, -0.15) is 0 Å². The molecule has 1 aromatic heterocycles. The lowest BCUT2D eigenvalue weighted by molar-refractivity contribution is 0.483. The maximum Gasteiger partial charge on any atom is 0.193 e. The second-order valence-electron chi connectivity index (χ2n) is 7.04. The van der Waals surface area contributed by atoms with Crippen LogP contribution in [0.25, 0.3) is 0 Å². The molecule has 7 heteroatoms. The lowest BCUT2D eigenvalue weighted by Crippen LogP contribution is -2.23. The summed E-state index contributed by atoms with van der Waals surface area (Å²) in [4.78, 5) is 8.87. The second-order valence-corrected chi connectivity index (χ2v) is 7.04. The molecule has 0 aliphatic heterocycles.